The van der Waals surface area contributed by atoms with Crippen LogP contribution < -0.4 is 0 Å². The molecule has 1 aromatic rings. The molecule has 0 atom stereocenters. The third kappa shape index (κ3) is 7.36. The van der Waals surface area contributed by atoms with Crippen molar-refractivity contribution in [2.75, 3.05) is 13.2 Å². The SMILES string of the molecule is CCCCOC(=O)c1ccc(C(=O)OCCCC)cc1.[LiH]. The molecule has 0 saturated heterocycles. The molecule has 0 aliphatic heterocycles. The van der Waals surface area contributed by atoms with Crippen molar-refractivity contribution in [1.29, 1.82) is 0 Å². The molecule has 1 rings (SSSR count). The normalized spacial score (nSPS) is 9.62. The number of carbonyl (C=O) groups is 2. The van der Waals surface area contributed by atoms with E-state index in [-0.39, 0.29) is 30.8 Å². The van der Waals surface area contributed by atoms with Gasteiger partial charge in [0.15, 0.2) is 0 Å². The Morgan fingerprint density at radius 2 is 1.14 bits per heavy atom. The molecule has 4 nitrogen and oxygen atoms in total. The molecule has 0 aromatic heterocycles. The molecule has 112 valence electrons. The first-order valence-corrected chi connectivity index (χ1v) is 7.13. The Morgan fingerprint density at radius 1 is 0.810 bits per heavy atom. The van der Waals surface area contributed by atoms with Crippen LogP contribution in [0.2, 0.25) is 0 Å². The molecule has 0 unspecified atom stereocenters. The summed E-state index contributed by atoms with van der Waals surface area (Å²) in [5, 5.41) is 0. The van der Waals surface area contributed by atoms with Crippen LogP contribution in [0.25, 0.3) is 0 Å². The fourth-order valence-electron chi connectivity index (χ4n) is 1.53. The minimum atomic E-state index is -0.357. The molecule has 0 radical (unpaired) electrons. The number of benzene rings is 1. The Morgan fingerprint density at radius 3 is 1.43 bits per heavy atom. The molecular weight excluding hydrogens is 263 g/mol. The molecule has 0 amide bonds. The fraction of sp³-hybridized carbons (Fsp3) is 0.500. The van der Waals surface area contributed by atoms with Gasteiger partial charge in [0.25, 0.3) is 0 Å². The van der Waals surface area contributed by atoms with Gasteiger partial charge in [-0.3, -0.25) is 0 Å². The molecule has 0 aliphatic rings. The van der Waals surface area contributed by atoms with E-state index in [1.54, 1.807) is 24.3 Å². The summed E-state index contributed by atoms with van der Waals surface area (Å²) in [6, 6.07) is 6.35. The molecule has 0 bridgehead atoms. The van der Waals surface area contributed by atoms with Crippen molar-refractivity contribution in [1.82, 2.24) is 0 Å². The summed E-state index contributed by atoms with van der Waals surface area (Å²) in [5.41, 5.74) is 0.900. The summed E-state index contributed by atoms with van der Waals surface area (Å²) >= 11 is 0. The van der Waals surface area contributed by atoms with E-state index in [0.717, 1.165) is 25.7 Å². The number of hydrogen-bond acceptors (Lipinski definition) is 4. The molecule has 1 aromatic carbocycles. The maximum atomic E-state index is 11.7. The van der Waals surface area contributed by atoms with Gasteiger partial charge in [0, 0.05) is 0 Å². The first kappa shape index (κ1) is 19.8. The van der Waals surface area contributed by atoms with Gasteiger partial charge in [-0.2, -0.15) is 0 Å². The van der Waals surface area contributed by atoms with Gasteiger partial charge in [-0.25, -0.2) is 9.59 Å². The van der Waals surface area contributed by atoms with Gasteiger partial charge in [0.05, 0.1) is 24.3 Å². The van der Waals surface area contributed by atoms with E-state index in [9.17, 15) is 9.59 Å². The Hall–Kier alpha value is -1.24. The number of ether oxygens (including phenoxy) is 2. The molecule has 0 spiro atoms. The van der Waals surface area contributed by atoms with Crippen molar-refractivity contribution in [3.05, 3.63) is 35.4 Å². The fourth-order valence-corrected chi connectivity index (χ4v) is 1.53. The first-order chi connectivity index (χ1) is 9.69. The van der Waals surface area contributed by atoms with Crippen LogP contribution in [-0.4, -0.2) is 44.0 Å². The molecule has 21 heavy (non-hydrogen) atoms. The van der Waals surface area contributed by atoms with Crippen LogP contribution in [0, 0.1) is 0 Å². The van der Waals surface area contributed by atoms with Crippen LogP contribution in [0.1, 0.15) is 60.2 Å². The zero-order valence-corrected chi connectivity index (χ0v) is 12.2. The predicted molar refractivity (Wildman–Crippen MR) is 84.0 cm³/mol. The Balaban J connectivity index is 0.00000400. The van der Waals surface area contributed by atoms with Gasteiger partial charge in [0.2, 0.25) is 0 Å². The Labute approximate surface area is 138 Å². The standard InChI is InChI=1S/C16H22O4.Li.H/c1-3-5-11-19-15(17)13-7-9-14(10-8-13)16(18)20-12-6-4-2;;/h7-10H,3-6,11-12H2,1-2H3;;. The van der Waals surface area contributed by atoms with E-state index in [1.165, 1.54) is 0 Å². The number of carbonyl (C=O) groups excluding carboxylic acids is 2. The van der Waals surface area contributed by atoms with Crippen molar-refractivity contribution in [3.63, 3.8) is 0 Å². The van der Waals surface area contributed by atoms with Gasteiger partial charge >= 0.3 is 30.8 Å². The van der Waals surface area contributed by atoms with Crippen LogP contribution in [-0.2, 0) is 9.47 Å². The Kier molecular flexibility index (Phi) is 10.7. The molecular formula is C16H23LiO4. The van der Waals surface area contributed by atoms with Crippen LogP contribution in [0.4, 0.5) is 0 Å². The van der Waals surface area contributed by atoms with Crippen LogP contribution in [0.15, 0.2) is 24.3 Å². The van der Waals surface area contributed by atoms with Gasteiger partial charge in [-0.05, 0) is 37.1 Å². The van der Waals surface area contributed by atoms with Gasteiger partial charge in [0.1, 0.15) is 0 Å². The third-order valence-electron chi connectivity index (χ3n) is 2.82. The van der Waals surface area contributed by atoms with Gasteiger partial charge in [-0.1, -0.05) is 26.7 Å². The number of esters is 2. The van der Waals surface area contributed by atoms with E-state index in [0.29, 0.717) is 24.3 Å². The summed E-state index contributed by atoms with van der Waals surface area (Å²) in [4.78, 5) is 23.3. The predicted octanol–water partition coefficient (Wildman–Crippen LogP) is 2.95. The second-order valence-corrected chi connectivity index (χ2v) is 4.56. The molecule has 0 aliphatic carbocycles. The summed E-state index contributed by atoms with van der Waals surface area (Å²) in [6.45, 7) is 4.92. The second kappa shape index (κ2) is 11.4. The van der Waals surface area contributed by atoms with Gasteiger partial charge < -0.3 is 9.47 Å². The van der Waals surface area contributed by atoms with E-state index in [1.807, 2.05) is 13.8 Å². The second-order valence-electron chi connectivity index (χ2n) is 4.56. The van der Waals surface area contributed by atoms with Crippen molar-refractivity contribution >= 4 is 30.8 Å². The van der Waals surface area contributed by atoms with E-state index in [4.69, 9.17) is 9.47 Å². The summed E-state index contributed by atoms with van der Waals surface area (Å²) in [7, 11) is 0. The zero-order valence-electron chi connectivity index (χ0n) is 12.2. The van der Waals surface area contributed by atoms with Crippen molar-refractivity contribution < 1.29 is 19.1 Å². The number of rotatable bonds is 8. The topological polar surface area (TPSA) is 52.6 Å². The minimum absolute atomic E-state index is 0. The van der Waals surface area contributed by atoms with E-state index >= 15 is 0 Å². The van der Waals surface area contributed by atoms with Crippen molar-refractivity contribution in [3.8, 4) is 0 Å². The summed E-state index contributed by atoms with van der Waals surface area (Å²) < 4.78 is 10.2. The van der Waals surface area contributed by atoms with Crippen LogP contribution >= 0.6 is 0 Å². The van der Waals surface area contributed by atoms with Crippen molar-refractivity contribution in [2.45, 2.75) is 39.5 Å². The zero-order chi connectivity index (χ0) is 14.8. The maximum absolute atomic E-state index is 11.7. The average molecular weight is 286 g/mol. The number of hydrogen-bond donors (Lipinski definition) is 0. The number of unbranched alkanes of at least 4 members (excludes halogenated alkanes) is 2. The summed E-state index contributed by atoms with van der Waals surface area (Å²) in [5.74, 6) is -0.714. The monoisotopic (exact) mass is 286 g/mol. The molecule has 5 heteroatoms. The molecule has 0 N–H and O–H groups in total. The van der Waals surface area contributed by atoms with Crippen molar-refractivity contribution in [2.24, 2.45) is 0 Å². The van der Waals surface area contributed by atoms with Crippen LogP contribution in [0.3, 0.4) is 0 Å². The molecule has 0 fully saturated rings. The Bertz CT molecular complexity index is 387. The average Bonchev–Trinajstić information content (AvgIpc) is 2.47. The summed E-state index contributed by atoms with van der Waals surface area (Å²) in [6.07, 6.45) is 3.67. The van der Waals surface area contributed by atoms with Crippen LogP contribution in [0.5, 0.6) is 0 Å². The molecule has 0 heterocycles. The quantitative estimate of drug-likeness (QED) is 0.419. The van der Waals surface area contributed by atoms with Gasteiger partial charge in [-0.15, -0.1) is 0 Å². The third-order valence-corrected chi connectivity index (χ3v) is 2.82. The molecule has 0 saturated carbocycles. The van der Waals surface area contributed by atoms with E-state index in [2.05, 4.69) is 0 Å². The van der Waals surface area contributed by atoms with E-state index < -0.39 is 0 Å². The first-order valence-electron chi connectivity index (χ1n) is 7.13.